The molecule has 4 nitrogen and oxygen atoms in total. The third-order valence-electron chi connectivity index (χ3n) is 4.59. The molecule has 2 saturated heterocycles. The van der Waals surface area contributed by atoms with Crippen molar-refractivity contribution in [2.45, 2.75) is 44.6 Å². The Hall–Kier alpha value is -0.790. The van der Waals surface area contributed by atoms with Crippen molar-refractivity contribution in [2.75, 3.05) is 19.7 Å². The first-order valence-electron chi connectivity index (χ1n) is 8.11. The van der Waals surface area contributed by atoms with Crippen molar-refractivity contribution in [3.05, 3.63) is 38.5 Å². The molecule has 2 aliphatic heterocycles. The van der Waals surface area contributed by atoms with Crippen LogP contribution in [0.3, 0.4) is 0 Å². The molecule has 0 amide bonds. The van der Waals surface area contributed by atoms with Crippen LogP contribution in [0.5, 0.6) is 0 Å². The summed E-state index contributed by atoms with van der Waals surface area (Å²) in [4.78, 5) is 6.94. The number of aryl methyl sites for hydroxylation is 1. The van der Waals surface area contributed by atoms with Crippen LogP contribution in [0.4, 0.5) is 0 Å². The second kappa shape index (κ2) is 6.61. The normalized spacial score (nSPS) is 24.0. The Morgan fingerprint density at radius 2 is 2.35 bits per heavy atom. The number of likely N-dealkylation sites (tertiary alicyclic amines) is 1. The Bertz CT molecular complexity index is 635. The molecule has 0 saturated carbocycles. The van der Waals surface area contributed by atoms with Crippen LogP contribution in [0.1, 0.15) is 29.1 Å². The highest BCUT2D eigenvalue weighted by molar-refractivity contribution is 7.09. The molecule has 6 heteroatoms. The predicted octanol–water partition coefficient (Wildman–Crippen LogP) is 3.46. The largest absolute Gasteiger partial charge is 0.372 e. The topological polar surface area (TPSA) is 34.6 Å². The van der Waals surface area contributed by atoms with Crippen LogP contribution >= 0.6 is 22.7 Å². The van der Waals surface area contributed by atoms with E-state index in [0.29, 0.717) is 12.7 Å². The molecule has 23 heavy (non-hydrogen) atoms. The number of rotatable bonds is 5. The van der Waals surface area contributed by atoms with E-state index in [1.807, 2.05) is 6.92 Å². The van der Waals surface area contributed by atoms with Crippen molar-refractivity contribution in [1.82, 2.24) is 9.88 Å². The van der Waals surface area contributed by atoms with Crippen molar-refractivity contribution in [1.29, 1.82) is 0 Å². The zero-order valence-electron chi connectivity index (χ0n) is 13.4. The maximum absolute atomic E-state index is 6.10. The van der Waals surface area contributed by atoms with E-state index >= 15 is 0 Å². The lowest BCUT2D eigenvalue weighted by Crippen LogP contribution is -2.65. The number of aromatic nitrogens is 1. The van der Waals surface area contributed by atoms with Gasteiger partial charge in [-0.15, -0.1) is 11.3 Å². The molecule has 4 rings (SSSR count). The van der Waals surface area contributed by atoms with E-state index in [9.17, 15) is 0 Å². The van der Waals surface area contributed by atoms with Gasteiger partial charge in [0.25, 0.3) is 0 Å². The second-order valence-corrected chi connectivity index (χ2v) is 8.43. The lowest BCUT2D eigenvalue weighted by atomic mass is 9.84. The third-order valence-corrected chi connectivity index (χ3v) is 6.15. The van der Waals surface area contributed by atoms with Gasteiger partial charge in [0, 0.05) is 38.0 Å². The third kappa shape index (κ3) is 3.67. The van der Waals surface area contributed by atoms with E-state index in [1.54, 1.807) is 22.7 Å². The van der Waals surface area contributed by atoms with Crippen LogP contribution in [0.15, 0.2) is 22.2 Å². The van der Waals surface area contributed by atoms with Gasteiger partial charge in [-0.3, -0.25) is 4.90 Å². The Kier molecular flexibility index (Phi) is 4.52. The molecule has 2 fully saturated rings. The summed E-state index contributed by atoms with van der Waals surface area (Å²) in [7, 11) is 0. The van der Waals surface area contributed by atoms with Gasteiger partial charge in [-0.2, -0.15) is 11.3 Å². The molecular weight excluding hydrogens is 328 g/mol. The Morgan fingerprint density at radius 3 is 3.09 bits per heavy atom. The van der Waals surface area contributed by atoms with Crippen molar-refractivity contribution in [2.24, 2.45) is 0 Å². The SMILES string of the molecule is Cc1nc(COC2CCOC3(C2)CN(Cc2ccsc2)C3)cs1. The van der Waals surface area contributed by atoms with Gasteiger partial charge in [0.05, 0.1) is 29.0 Å². The van der Waals surface area contributed by atoms with E-state index in [0.717, 1.165) is 49.8 Å². The minimum Gasteiger partial charge on any atom is -0.372 e. The molecule has 1 spiro atoms. The van der Waals surface area contributed by atoms with Crippen LogP contribution in [0.25, 0.3) is 0 Å². The van der Waals surface area contributed by atoms with Crippen LogP contribution in [0.2, 0.25) is 0 Å². The van der Waals surface area contributed by atoms with Crippen molar-refractivity contribution >= 4 is 22.7 Å². The summed E-state index contributed by atoms with van der Waals surface area (Å²) in [5, 5.41) is 7.58. The number of hydrogen-bond donors (Lipinski definition) is 0. The molecule has 0 radical (unpaired) electrons. The Balaban J connectivity index is 1.26. The smallest absolute Gasteiger partial charge is 0.0959 e. The lowest BCUT2D eigenvalue weighted by Gasteiger charge is -2.53. The molecule has 0 bridgehead atoms. The first kappa shape index (κ1) is 15.7. The lowest BCUT2D eigenvalue weighted by molar-refractivity contribution is -0.200. The molecule has 124 valence electrons. The van der Waals surface area contributed by atoms with Crippen LogP contribution < -0.4 is 0 Å². The molecule has 4 heterocycles. The molecule has 2 aromatic rings. The molecule has 1 unspecified atom stereocenters. The van der Waals surface area contributed by atoms with E-state index in [4.69, 9.17) is 9.47 Å². The molecule has 0 aliphatic carbocycles. The standard InChI is InChI=1S/C17H22N2O2S2/c1-13-18-15(10-23-13)8-20-16-2-4-21-17(6-16)11-19(12-17)7-14-3-5-22-9-14/h3,5,9-10,16H,2,4,6-8,11-12H2,1H3. The minimum atomic E-state index is 0.0247. The summed E-state index contributed by atoms with van der Waals surface area (Å²) in [5.41, 5.74) is 2.49. The van der Waals surface area contributed by atoms with Crippen molar-refractivity contribution in [3.8, 4) is 0 Å². The van der Waals surface area contributed by atoms with E-state index in [-0.39, 0.29) is 5.60 Å². The summed E-state index contributed by atoms with van der Waals surface area (Å²) >= 11 is 3.45. The van der Waals surface area contributed by atoms with Gasteiger partial charge >= 0.3 is 0 Å². The van der Waals surface area contributed by atoms with Gasteiger partial charge in [-0.25, -0.2) is 4.98 Å². The van der Waals surface area contributed by atoms with E-state index in [2.05, 4.69) is 32.1 Å². The number of thiazole rings is 1. The maximum atomic E-state index is 6.10. The quantitative estimate of drug-likeness (QED) is 0.827. The number of thiophene rings is 1. The first-order chi connectivity index (χ1) is 11.2. The summed E-state index contributed by atoms with van der Waals surface area (Å²) in [5.74, 6) is 0. The van der Waals surface area contributed by atoms with Crippen molar-refractivity contribution in [3.63, 3.8) is 0 Å². The van der Waals surface area contributed by atoms with Crippen LogP contribution in [-0.4, -0.2) is 41.3 Å². The van der Waals surface area contributed by atoms with Gasteiger partial charge in [0.15, 0.2) is 0 Å². The average molecular weight is 351 g/mol. The fourth-order valence-electron chi connectivity index (χ4n) is 3.54. The highest BCUT2D eigenvalue weighted by Crippen LogP contribution is 2.36. The monoisotopic (exact) mass is 350 g/mol. The van der Waals surface area contributed by atoms with Gasteiger partial charge in [-0.05, 0) is 35.7 Å². The predicted molar refractivity (Wildman–Crippen MR) is 92.9 cm³/mol. The van der Waals surface area contributed by atoms with Gasteiger partial charge in [0.2, 0.25) is 0 Å². The second-order valence-electron chi connectivity index (χ2n) is 6.59. The van der Waals surface area contributed by atoms with Crippen LogP contribution in [-0.2, 0) is 22.6 Å². The number of nitrogens with zero attached hydrogens (tertiary/aromatic N) is 2. The van der Waals surface area contributed by atoms with Gasteiger partial charge in [0.1, 0.15) is 0 Å². The fourth-order valence-corrected chi connectivity index (χ4v) is 4.80. The van der Waals surface area contributed by atoms with Crippen LogP contribution in [0, 0.1) is 6.92 Å². The molecular formula is C17H22N2O2S2. The minimum absolute atomic E-state index is 0.0247. The fraction of sp³-hybridized carbons (Fsp3) is 0.588. The zero-order chi connectivity index (χ0) is 15.7. The van der Waals surface area contributed by atoms with Gasteiger partial charge < -0.3 is 9.47 Å². The first-order valence-corrected chi connectivity index (χ1v) is 9.93. The number of ether oxygens (including phenoxy) is 2. The molecule has 0 N–H and O–H groups in total. The number of hydrogen-bond acceptors (Lipinski definition) is 6. The summed E-state index contributed by atoms with van der Waals surface area (Å²) in [6.45, 7) is 6.57. The molecule has 2 aromatic heterocycles. The van der Waals surface area contributed by atoms with E-state index in [1.165, 1.54) is 5.56 Å². The highest BCUT2D eigenvalue weighted by atomic mass is 32.1. The molecule has 0 aromatic carbocycles. The maximum Gasteiger partial charge on any atom is 0.0959 e. The molecule has 1 atom stereocenters. The zero-order valence-corrected chi connectivity index (χ0v) is 15.0. The molecule has 2 aliphatic rings. The van der Waals surface area contributed by atoms with E-state index < -0.39 is 0 Å². The Morgan fingerprint density at radius 1 is 1.43 bits per heavy atom. The summed E-state index contributed by atoms with van der Waals surface area (Å²) < 4.78 is 12.2. The average Bonchev–Trinajstić information content (AvgIpc) is 3.16. The summed E-state index contributed by atoms with van der Waals surface area (Å²) in [6, 6.07) is 2.21. The summed E-state index contributed by atoms with van der Waals surface area (Å²) in [6.07, 6.45) is 2.31. The van der Waals surface area contributed by atoms with Gasteiger partial charge in [-0.1, -0.05) is 0 Å². The highest BCUT2D eigenvalue weighted by Gasteiger charge is 2.47. The van der Waals surface area contributed by atoms with Crippen molar-refractivity contribution < 1.29 is 9.47 Å². The Labute approximate surface area is 145 Å².